The van der Waals surface area contributed by atoms with Gasteiger partial charge in [0.05, 0.1) is 12.8 Å². The number of hydrogen-bond acceptors (Lipinski definition) is 4. The summed E-state index contributed by atoms with van der Waals surface area (Å²) in [7, 11) is 0. The van der Waals surface area contributed by atoms with Gasteiger partial charge >= 0.3 is 12.4 Å². The van der Waals surface area contributed by atoms with Crippen LogP contribution in [0.2, 0.25) is 0 Å². The van der Waals surface area contributed by atoms with Crippen molar-refractivity contribution in [2.24, 2.45) is 11.8 Å². The molecule has 2 aromatic rings. The zero-order valence-electron chi connectivity index (χ0n) is 24.5. The largest absolute Gasteiger partial charge is 0.508 e. The third kappa shape index (κ3) is 6.79. The van der Waals surface area contributed by atoms with Gasteiger partial charge in [0, 0.05) is 36.5 Å². The van der Waals surface area contributed by atoms with Crippen molar-refractivity contribution in [3.63, 3.8) is 0 Å². The molecular weight excluding hydrogens is 586 g/mol. The van der Waals surface area contributed by atoms with Gasteiger partial charge in [-0.05, 0) is 110 Å². The summed E-state index contributed by atoms with van der Waals surface area (Å²) in [6.07, 6.45) is -4.74. The zero-order chi connectivity index (χ0) is 31.9. The summed E-state index contributed by atoms with van der Waals surface area (Å²) in [5.74, 6) is -0.171. The number of carbonyl (C=O) groups excluding carboxylic acids is 2. The number of benzene rings is 2. The van der Waals surface area contributed by atoms with E-state index in [1.165, 1.54) is 12.1 Å². The van der Waals surface area contributed by atoms with E-state index in [1.807, 2.05) is 0 Å². The molecule has 2 saturated carbocycles. The first-order valence-electron chi connectivity index (χ1n) is 15.4. The standard InChI is InChI=1S/2C17H19F3O2/c2*18-17(19,20)10-16-7-6-14(22)9-12(16)3-1-2-11-8-13(21)4-5-15(11)16/h2*4-5,8,12,21H,1-3,6-7,9-10H2/t2*12-,16-/m10/s1. The van der Waals surface area contributed by atoms with Crippen molar-refractivity contribution in [2.45, 2.75) is 113 Å². The molecule has 0 unspecified atom stereocenters. The lowest BCUT2D eigenvalue weighted by atomic mass is 9.59. The minimum absolute atomic E-state index is 0.0741. The molecule has 0 aromatic heterocycles. The molecule has 240 valence electrons. The second kappa shape index (κ2) is 12.0. The van der Waals surface area contributed by atoms with Gasteiger partial charge in [0.1, 0.15) is 23.1 Å². The highest BCUT2D eigenvalue weighted by molar-refractivity contribution is 5.80. The second-order valence-electron chi connectivity index (χ2n) is 13.2. The third-order valence-corrected chi connectivity index (χ3v) is 10.5. The number of halogens is 6. The first-order chi connectivity index (χ1) is 20.6. The number of aryl methyl sites for hydroxylation is 2. The molecular formula is C34H38F6O4. The predicted molar refractivity (Wildman–Crippen MR) is 151 cm³/mol. The summed E-state index contributed by atoms with van der Waals surface area (Å²) in [4.78, 5) is 23.6. The summed E-state index contributed by atoms with van der Waals surface area (Å²) in [6, 6.07) is 9.40. The van der Waals surface area contributed by atoms with Crippen LogP contribution in [0.3, 0.4) is 0 Å². The number of phenols is 2. The average Bonchev–Trinajstić information content (AvgIpc) is 3.14. The number of alkyl halides is 6. The van der Waals surface area contributed by atoms with Gasteiger partial charge in [0.25, 0.3) is 0 Å². The number of ketones is 2. The van der Waals surface area contributed by atoms with E-state index in [2.05, 4.69) is 0 Å². The zero-order valence-corrected chi connectivity index (χ0v) is 24.5. The molecule has 10 heteroatoms. The van der Waals surface area contributed by atoms with Crippen molar-refractivity contribution in [2.75, 3.05) is 0 Å². The van der Waals surface area contributed by atoms with Crippen LogP contribution in [0.1, 0.15) is 99.3 Å². The lowest BCUT2D eigenvalue weighted by Crippen LogP contribution is -2.44. The fourth-order valence-corrected chi connectivity index (χ4v) is 8.74. The normalized spacial score (nSPS) is 28.7. The second-order valence-corrected chi connectivity index (χ2v) is 13.2. The molecule has 4 aliphatic carbocycles. The average molecular weight is 625 g/mol. The van der Waals surface area contributed by atoms with Gasteiger partial charge in [-0.25, -0.2) is 0 Å². The highest BCUT2D eigenvalue weighted by Gasteiger charge is 2.53. The number of Topliss-reactive ketones (excluding diaryl/α,β-unsaturated/α-hetero) is 2. The molecule has 2 fully saturated rings. The lowest BCUT2D eigenvalue weighted by molar-refractivity contribution is -0.160. The first kappa shape index (κ1) is 32.4. The van der Waals surface area contributed by atoms with E-state index >= 15 is 0 Å². The molecule has 0 bridgehead atoms. The Kier molecular flexibility index (Phi) is 8.86. The van der Waals surface area contributed by atoms with Crippen LogP contribution in [0.4, 0.5) is 26.3 Å². The Labute approximate surface area is 252 Å². The van der Waals surface area contributed by atoms with Crippen LogP contribution >= 0.6 is 0 Å². The van der Waals surface area contributed by atoms with Crippen LogP contribution in [0.5, 0.6) is 11.5 Å². The molecule has 2 aromatic carbocycles. The van der Waals surface area contributed by atoms with Gasteiger partial charge in [0.2, 0.25) is 0 Å². The Morgan fingerprint density at radius 2 is 1.02 bits per heavy atom. The van der Waals surface area contributed by atoms with Gasteiger partial charge in [-0.3, -0.25) is 9.59 Å². The van der Waals surface area contributed by atoms with Crippen molar-refractivity contribution >= 4 is 11.6 Å². The molecule has 0 spiro atoms. The van der Waals surface area contributed by atoms with E-state index in [4.69, 9.17) is 0 Å². The van der Waals surface area contributed by atoms with E-state index in [0.29, 0.717) is 36.8 Å². The summed E-state index contributed by atoms with van der Waals surface area (Å²) >= 11 is 0. The fraction of sp³-hybridized carbons (Fsp3) is 0.588. The monoisotopic (exact) mass is 624 g/mol. The molecule has 4 aliphatic rings. The number of fused-ring (bicyclic) bond motifs is 6. The maximum Gasteiger partial charge on any atom is 0.389 e. The Morgan fingerprint density at radius 3 is 1.39 bits per heavy atom. The molecule has 4 atom stereocenters. The molecule has 2 N–H and O–H groups in total. The number of carbonyl (C=O) groups is 2. The predicted octanol–water partition coefficient (Wildman–Crippen LogP) is 8.58. The number of phenolic OH excluding ortho intramolecular Hbond substituents is 2. The maximum absolute atomic E-state index is 13.3. The van der Waals surface area contributed by atoms with Crippen LogP contribution in [0.15, 0.2) is 36.4 Å². The maximum atomic E-state index is 13.3. The van der Waals surface area contributed by atoms with E-state index < -0.39 is 36.0 Å². The smallest absolute Gasteiger partial charge is 0.389 e. The lowest BCUT2D eigenvalue weighted by Gasteiger charge is -2.44. The van der Waals surface area contributed by atoms with Crippen LogP contribution in [0.25, 0.3) is 0 Å². The fourth-order valence-electron chi connectivity index (χ4n) is 8.74. The summed E-state index contributed by atoms with van der Waals surface area (Å²) in [6.45, 7) is 0. The van der Waals surface area contributed by atoms with Crippen LogP contribution in [-0.2, 0) is 33.3 Å². The number of aromatic hydroxyl groups is 2. The quantitative estimate of drug-likeness (QED) is 0.329. The van der Waals surface area contributed by atoms with Crippen molar-refractivity contribution < 1.29 is 46.1 Å². The van der Waals surface area contributed by atoms with Crippen molar-refractivity contribution in [3.8, 4) is 11.5 Å². The first-order valence-corrected chi connectivity index (χ1v) is 15.4. The highest BCUT2D eigenvalue weighted by Crippen LogP contribution is 2.55. The highest BCUT2D eigenvalue weighted by atomic mass is 19.4. The molecule has 0 saturated heterocycles. The molecule has 44 heavy (non-hydrogen) atoms. The Hall–Kier alpha value is -3.04. The van der Waals surface area contributed by atoms with Gasteiger partial charge in [-0.15, -0.1) is 0 Å². The minimum Gasteiger partial charge on any atom is -0.508 e. The molecule has 0 heterocycles. The summed E-state index contributed by atoms with van der Waals surface area (Å²) in [5, 5.41) is 19.3. The van der Waals surface area contributed by atoms with Crippen molar-refractivity contribution in [1.29, 1.82) is 0 Å². The molecule has 4 nitrogen and oxygen atoms in total. The molecule has 0 amide bonds. The van der Waals surface area contributed by atoms with Crippen LogP contribution in [-0.4, -0.2) is 34.1 Å². The van der Waals surface area contributed by atoms with E-state index in [-0.39, 0.29) is 73.4 Å². The Bertz CT molecular complexity index is 1290. The Balaban J connectivity index is 0.000000175. The third-order valence-electron chi connectivity index (χ3n) is 10.5. The Morgan fingerprint density at radius 1 is 0.636 bits per heavy atom. The van der Waals surface area contributed by atoms with Gasteiger partial charge in [-0.2, -0.15) is 26.3 Å². The van der Waals surface area contributed by atoms with Crippen molar-refractivity contribution in [3.05, 3.63) is 58.7 Å². The van der Waals surface area contributed by atoms with Gasteiger partial charge < -0.3 is 10.2 Å². The van der Waals surface area contributed by atoms with E-state index in [1.54, 1.807) is 24.3 Å². The molecule has 0 radical (unpaired) electrons. The topological polar surface area (TPSA) is 74.6 Å². The van der Waals surface area contributed by atoms with E-state index in [9.17, 15) is 46.1 Å². The number of hydrogen-bond donors (Lipinski definition) is 2. The van der Waals surface area contributed by atoms with Crippen molar-refractivity contribution in [1.82, 2.24) is 0 Å². The molecule has 6 rings (SSSR count). The molecule has 0 aliphatic heterocycles. The van der Waals surface area contributed by atoms with Crippen LogP contribution in [0, 0.1) is 11.8 Å². The number of rotatable bonds is 2. The minimum atomic E-state index is -4.27. The van der Waals surface area contributed by atoms with Gasteiger partial charge in [0.15, 0.2) is 0 Å². The summed E-state index contributed by atoms with van der Waals surface area (Å²) < 4.78 is 79.6. The van der Waals surface area contributed by atoms with Crippen LogP contribution < -0.4 is 0 Å². The SMILES string of the molecule is O=C1CC[C@@]2(CC(F)(F)F)c3ccc(O)cc3CCC[C@H]2C1.O=C1CC[C@]2(CC(F)(F)F)c3ccc(O)cc3CCC[C@@H]2C1. The summed E-state index contributed by atoms with van der Waals surface area (Å²) in [5.41, 5.74) is 0.981. The van der Waals surface area contributed by atoms with Gasteiger partial charge in [-0.1, -0.05) is 12.1 Å². The van der Waals surface area contributed by atoms with E-state index in [0.717, 1.165) is 24.0 Å².